The zero-order valence-corrected chi connectivity index (χ0v) is 61.3. The smallest absolute Gasteiger partial charge is 0.333 e. The van der Waals surface area contributed by atoms with Crippen molar-refractivity contribution in [1.82, 2.24) is 4.90 Å². The number of esters is 9. The van der Waals surface area contributed by atoms with Crippen LogP contribution in [0.5, 0.6) is 34.5 Å². The Bertz CT molecular complexity index is 3790. The number of unbranched alkanes of at least 4 members (excludes halogenated alkanes) is 1. The lowest BCUT2D eigenvalue weighted by molar-refractivity contribution is -0.150. The summed E-state index contributed by atoms with van der Waals surface area (Å²) in [6.45, 7) is 32.6. The van der Waals surface area contributed by atoms with Crippen molar-refractivity contribution < 1.29 is 95.3 Å². The maximum atomic E-state index is 12.9. The number of hydrogen-bond acceptors (Lipinski definition) is 20. The van der Waals surface area contributed by atoms with E-state index in [9.17, 15) is 47.9 Å². The molecule has 0 N–H and O–H groups in total. The summed E-state index contributed by atoms with van der Waals surface area (Å²) in [5, 5.41) is 0. The van der Waals surface area contributed by atoms with E-state index in [0.717, 1.165) is 39.8 Å². The Morgan fingerprint density at radius 2 is 0.626 bits per heavy atom. The van der Waals surface area contributed by atoms with Gasteiger partial charge in [-0.1, -0.05) is 155 Å². The molecule has 107 heavy (non-hydrogen) atoms. The molecule has 6 aromatic carbocycles. The van der Waals surface area contributed by atoms with Crippen molar-refractivity contribution in [3.05, 3.63) is 229 Å². The van der Waals surface area contributed by atoms with Gasteiger partial charge in [-0.15, -0.1) is 13.2 Å². The normalized spacial score (nSPS) is 11.4. The van der Waals surface area contributed by atoms with Gasteiger partial charge in [-0.3, -0.25) is 43.2 Å². The molecule has 0 saturated carbocycles. The summed E-state index contributed by atoms with van der Waals surface area (Å²) in [4.78, 5) is 119. The van der Waals surface area contributed by atoms with Gasteiger partial charge in [-0.2, -0.15) is 0 Å². The first kappa shape index (κ1) is 93.8. The lowest BCUT2D eigenvalue weighted by atomic mass is 9.73. The third-order valence-corrected chi connectivity index (χ3v) is 16.5. The molecule has 0 bridgehead atoms. The zero-order chi connectivity index (χ0) is 76.8. The minimum Gasteiger partial charge on any atom is -0.502 e. The largest absolute Gasteiger partial charge is 0.502 e. The summed E-state index contributed by atoms with van der Waals surface area (Å²) >= 11 is 0. The number of amides is 1. The molecule has 6 aromatic rings. The van der Waals surface area contributed by atoms with Crippen LogP contribution < -0.4 is 28.4 Å². The number of ether oxygens (including phenoxy) is 10. The first-order valence-corrected chi connectivity index (χ1v) is 34.2. The highest BCUT2D eigenvalue weighted by molar-refractivity contribution is 5.87. The Labute approximate surface area is 632 Å². The molecule has 0 aliphatic heterocycles. The molecule has 2 unspecified atom stereocenters. The molecule has 0 heterocycles. The lowest BCUT2D eigenvalue weighted by Crippen LogP contribution is -2.33. The average Bonchev–Trinajstić information content (AvgIpc) is 0.801. The van der Waals surface area contributed by atoms with Crippen LogP contribution in [0.15, 0.2) is 196 Å². The molecule has 6 rings (SSSR count). The van der Waals surface area contributed by atoms with Crippen molar-refractivity contribution in [3.8, 4) is 34.5 Å². The van der Waals surface area contributed by atoms with E-state index >= 15 is 0 Å². The fraction of sp³-hybridized carbons (Fsp3) is 0.372. The SMILES string of the molecule is C.C.C.C=C(C)C(=O)OCCOC(=O)CCC(C)(c1ccc(OC(C)=O)cc1)c1ccc(OC(C)=O)cc1.C=CCN(CC=C)C(=O)CCC(C)(c1ccc(OC(C)=O)cc1)c1ccc(OC(=O)CC)cc1.C=COCCCCOC(=O)CCC(C)(c1ccc(OC(C)=O)cc1)c1ccc(OC(=O)CC)cc1. The van der Waals surface area contributed by atoms with E-state index in [4.69, 9.17) is 47.4 Å². The molecule has 0 aromatic heterocycles. The minimum atomic E-state index is -0.616. The Hall–Kier alpha value is -11.2. The molecule has 2 atom stereocenters. The van der Waals surface area contributed by atoms with E-state index in [2.05, 4.69) is 33.2 Å². The Morgan fingerprint density at radius 1 is 0.364 bits per heavy atom. The number of hydrogen-bond donors (Lipinski definition) is 0. The van der Waals surface area contributed by atoms with Gasteiger partial charge in [-0.25, -0.2) is 4.79 Å². The number of carbonyl (C=O) groups excluding carboxylic acids is 10. The molecule has 1 amide bonds. The molecule has 21 nitrogen and oxygen atoms in total. The predicted molar refractivity (Wildman–Crippen MR) is 413 cm³/mol. The third-order valence-electron chi connectivity index (χ3n) is 16.5. The highest BCUT2D eigenvalue weighted by Crippen LogP contribution is 2.41. The highest BCUT2D eigenvalue weighted by Gasteiger charge is 2.34. The van der Waals surface area contributed by atoms with E-state index in [0.29, 0.717) is 99.3 Å². The van der Waals surface area contributed by atoms with E-state index in [1.165, 1.54) is 40.9 Å². The van der Waals surface area contributed by atoms with Crippen LogP contribution in [0, 0.1) is 0 Å². The Balaban J connectivity index is 0.000000792. The minimum absolute atomic E-state index is 0. The standard InChI is InChI=1S/C28H33NO5.C28H34O7.C27H30O8.3CH4/c1-6-19-29(20-7-2)26(31)17-18-28(5,22-9-13-24(14-10-22)33-21(4)30)23-11-15-25(16-12-23)34-27(32)8-3;1-5-26(30)35-25-15-11-23(12-16-25)28(4,22-9-13-24(14-10-22)34-21(3)29)18-17-27(31)33-20-8-7-19-32-6-2;1-18(2)26(31)33-17-16-32-25(30)14-15-27(5,21-6-10-23(11-7-21)34-19(3)28)22-8-12-24(13-9-22)35-20(4)29;;;/h6-7,9-16H,1-2,8,17-20H2,3-5H3;6,9-16H,2,5,7-8,17-20H2,1,3-4H3;6-13H,1,14-17H2,2-5H3;3*1H4. The van der Waals surface area contributed by atoms with E-state index in [1.807, 2.05) is 86.6 Å². The first-order chi connectivity index (χ1) is 49.5. The van der Waals surface area contributed by atoms with Crippen LogP contribution in [0.2, 0.25) is 0 Å². The molecular weight excluding hydrogens is 1370 g/mol. The van der Waals surface area contributed by atoms with Crippen LogP contribution in [-0.2, 0) is 83.1 Å². The van der Waals surface area contributed by atoms with Crippen LogP contribution in [-0.4, -0.2) is 104 Å². The second kappa shape index (κ2) is 48.0. The predicted octanol–water partition coefficient (Wildman–Crippen LogP) is 16.9. The summed E-state index contributed by atoms with van der Waals surface area (Å²) in [6, 6.07) is 43.3. The summed E-state index contributed by atoms with van der Waals surface area (Å²) < 4.78 is 51.8. The molecule has 0 aliphatic rings. The van der Waals surface area contributed by atoms with Crippen LogP contribution in [0.1, 0.15) is 189 Å². The number of nitrogens with zero attached hydrogens (tertiary/aromatic N) is 1. The van der Waals surface area contributed by atoms with Gasteiger partial charge in [0, 0.05) is 94.7 Å². The van der Waals surface area contributed by atoms with Crippen molar-refractivity contribution >= 4 is 59.6 Å². The monoisotopic (exact) mass is 1480 g/mol. The topological polar surface area (TPSA) is 266 Å². The van der Waals surface area contributed by atoms with Crippen LogP contribution in [0.25, 0.3) is 0 Å². The van der Waals surface area contributed by atoms with Gasteiger partial charge in [-0.05, 0) is 145 Å². The molecule has 0 saturated heterocycles. The van der Waals surface area contributed by atoms with Gasteiger partial charge >= 0.3 is 53.7 Å². The van der Waals surface area contributed by atoms with Crippen LogP contribution in [0.3, 0.4) is 0 Å². The second-order valence-corrected chi connectivity index (χ2v) is 24.7. The number of carbonyl (C=O) groups is 10. The summed E-state index contributed by atoms with van der Waals surface area (Å²) in [5.41, 5.74) is 4.19. The fourth-order valence-electron chi connectivity index (χ4n) is 10.7. The second-order valence-electron chi connectivity index (χ2n) is 24.7. The molecule has 0 radical (unpaired) electrons. The average molecular weight is 1480 g/mol. The summed E-state index contributed by atoms with van der Waals surface area (Å²) in [7, 11) is 0. The Kier molecular flexibility index (Phi) is 42.1. The van der Waals surface area contributed by atoms with Crippen molar-refractivity contribution in [1.29, 1.82) is 0 Å². The van der Waals surface area contributed by atoms with Gasteiger partial charge in [0.15, 0.2) is 0 Å². The summed E-state index contributed by atoms with van der Waals surface area (Å²) in [6.07, 6.45) is 8.94. The summed E-state index contributed by atoms with van der Waals surface area (Å²) in [5.74, 6) is -0.779. The van der Waals surface area contributed by atoms with Gasteiger partial charge in [0.1, 0.15) is 47.7 Å². The lowest BCUT2D eigenvalue weighted by Gasteiger charge is -2.32. The molecule has 21 heteroatoms. The van der Waals surface area contributed by atoms with Gasteiger partial charge in [0.05, 0.1) is 19.5 Å². The van der Waals surface area contributed by atoms with Gasteiger partial charge in [0.25, 0.3) is 0 Å². The molecule has 0 fully saturated rings. The third kappa shape index (κ3) is 32.0. The van der Waals surface area contributed by atoms with Gasteiger partial charge < -0.3 is 52.3 Å². The zero-order valence-electron chi connectivity index (χ0n) is 61.3. The first-order valence-electron chi connectivity index (χ1n) is 34.2. The van der Waals surface area contributed by atoms with E-state index < -0.39 is 46.1 Å². The van der Waals surface area contributed by atoms with Crippen LogP contribution >= 0.6 is 0 Å². The van der Waals surface area contributed by atoms with E-state index in [-0.39, 0.29) is 90.1 Å². The Morgan fingerprint density at radius 3 is 0.888 bits per heavy atom. The molecule has 578 valence electrons. The van der Waals surface area contributed by atoms with Crippen molar-refractivity contribution in [2.24, 2.45) is 0 Å². The molecular formula is C86H109NO20. The van der Waals surface area contributed by atoms with E-state index in [1.54, 1.807) is 104 Å². The quantitative estimate of drug-likeness (QED) is 0.00667. The highest BCUT2D eigenvalue weighted by atomic mass is 16.6. The maximum absolute atomic E-state index is 12.9. The number of rotatable bonds is 37. The van der Waals surface area contributed by atoms with Crippen molar-refractivity contribution in [3.63, 3.8) is 0 Å². The van der Waals surface area contributed by atoms with Crippen molar-refractivity contribution in [2.75, 3.05) is 39.5 Å². The maximum Gasteiger partial charge on any atom is 0.333 e. The number of benzene rings is 6. The van der Waals surface area contributed by atoms with Gasteiger partial charge in [0.2, 0.25) is 5.91 Å². The molecule has 0 spiro atoms. The van der Waals surface area contributed by atoms with Crippen LogP contribution in [0.4, 0.5) is 0 Å². The fourth-order valence-corrected chi connectivity index (χ4v) is 10.7. The molecule has 0 aliphatic carbocycles. The van der Waals surface area contributed by atoms with Crippen molar-refractivity contribution in [2.45, 2.75) is 172 Å².